The summed E-state index contributed by atoms with van der Waals surface area (Å²) in [5, 5.41) is 9.20. The summed E-state index contributed by atoms with van der Waals surface area (Å²) in [4.78, 5) is 10.5. The molecule has 0 aliphatic carbocycles. The van der Waals surface area contributed by atoms with Gasteiger partial charge in [-0.25, -0.2) is 4.79 Å². The maximum Gasteiger partial charge on any atom is 0.384 e. The van der Waals surface area contributed by atoms with Gasteiger partial charge in [-0.15, -0.1) is 6.58 Å². The monoisotopic (exact) mass is 182 g/mol. The minimum absolute atomic E-state index is 0.552. The predicted octanol–water partition coefficient (Wildman–Crippen LogP) is 0.880. The zero-order chi connectivity index (χ0) is 10.1. The highest BCUT2D eigenvalue weighted by Crippen LogP contribution is 1.99. The number of ether oxygens (including phenoxy) is 1. The average molecular weight is 182 g/mol. The largest absolute Gasteiger partial charge is 0.459 e. The molecule has 13 heavy (non-hydrogen) atoms. The number of hydrogen-bond donors (Lipinski definition) is 1. The molecular formula is C10H14O3. The Morgan fingerprint density at radius 3 is 3.00 bits per heavy atom. The van der Waals surface area contributed by atoms with Gasteiger partial charge < -0.3 is 9.84 Å². The van der Waals surface area contributed by atoms with Crippen LogP contribution >= 0.6 is 0 Å². The highest BCUT2D eigenvalue weighted by molar-refractivity contribution is 5.88. The number of hydrogen-bond acceptors (Lipinski definition) is 3. The van der Waals surface area contributed by atoms with E-state index in [0.717, 1.165) is 12.8 Å². The Labute approximate surface area is 78.4 Å². The standard InChI is InChI=1S/C10H14O3/c1-3-4-5-6-9(11)7-8-10(12)13-2/h3,9,11H,1,4-6H2,2H3. The maximum absolute atomic E-state index is 10.5. The van der Waals surface area contributed by atoms with Crippen molar-refractivity contribution in [1.82, 2.24) is 0 Å². The van der Waals surface area contributed by atoms with Gasteiger partial charge in [-0.3, -0.25) is 0 Å². The van der Waals surface area contributed by atoms with Crippen molar-refractivity contribution < 1.29 is 14.6 Å². The molecule has 0 amide bonds. The minimum Gasteiger partial charge on any atom is -0.459 e. The van der Waals surface area contributed by atoms with Gasteiger partial charge in [0, 0.05) is 5.92 Å². The van der Waals surface area contributed by atoms with Crippen LogP contribution in [0.25, 0.3) is 0 Å². The lowest BCUT2D eigenvalue weighted by Gasteiger charge is -1.99. The van der Waals surface area contributed by atoms with Gasteiger partial charge in [-0.05, 0) is 19.3 Å². The third-order valence-corrected chi connectivity index (χ3v) is 1.41. The molecular weight excluding hydrogens is 168 g/mol. The molecule has 0 aliphatic heterocycles. The van der Waals surface area contributed by atoms with Gasteiger partial charge in [0.1, 0.15) is 6.10 Å². The molecule has 0 fully saturated rings. The molecule has 1 N–H and O–H groups in total. The van der Waals surface area contributed by atoms with Crippen LogP contribution in [0.3, 0.4) is 0 Å². The molecule has 1 atom stereocenters. The molecule has 0 radical (unpaired) electrons. The van der Waals surface area contributed by atoms with Crippen molar-refractivity contribution in [2.75, 3.05) is 7.11 Å². The Morgan fingerprint density at radius 2 is 2.46 bits per heavy atom. The van der Waals surface area contributed by atoms with E-state index in [0.29, 0.717) is 6.42 Å². The van der Waals surface area contributed by atoms with Crippen LogP contribution < -0.4 is 0 Å². The number of rotatable bonds is 4. The van der Waals surface area contributed by atoms with Crippen molar-refractivity contribution >= 4 is 5.97 Å². The zero-order valence-corrected chi connectivity index (χ0v) is 7.75. The van der Waals surface area contributed by atoms with Crippen molar-refractivity contribution in [3.05, 3.63) is 12.7 Å². The first-order chi connectivity index (χ1) is 6.20. The molecule has 0 heterocycles. The second-order valence-corrected chi connectivity index (χ2v) is 2.50. The van der Waals surface area contributed by atoms with E-state index in [4.69, 9.17) is 0 Å². The van der Waals surface area contributed by atoms with Gasteiger partial charge in [-0.1, -0.05) is 12.0 Å². The molecule has 3 nitrogen and oxygen atoms in total. The molecule has 0 aromatic heterocycles. The molecule has 0 aromatic carbocycles. The van der Waals surface area contributed by atoms with E-state index in [1.54, 1.807) is 6.08 Å². The van der Waals surface area contributed by atoms with Crippen LogP contribution in [0.15, 0.2) is 12.7 Å². The van der Waals surface area contributed by atoms with Gasteiger partial charge >= 0.3 is 5.97 Å². The fourth-order valence-corrected chi connectivity index (χ4v) is 0.721. The number of aliphatic hydroxyl groups excluding tert-OH is 1. The summed E-state index contributed by atoms with van der Waals surface area (Å²) in [7, 11) is 1.25. The predicted molar refractivity (Wildman–Crippen MR) is 49.8 cm³/mol. The maximum atomic E-state index is 10.5. The lowest BCUT2D eigenvalue weighted by molar-refractivity contribution is -0.133. The number of esters is 1. The summed E-state index contributed by atoms with van der Waals surface area (Å²) >= 11 is 0. The third kappa shape index (κ3) is 7.10. The third-order valence-electron chi connectivity index (χ3n) is 1.41. The molecule has 0 saturated heterocycles. The Morgan fingerprint density at radius 1 is 1.77 bits per heavy atom. The normalized spacial score (nSPS) is 10.9. The minimum atomic E-state index is -0.751. The van der Waals surface area contributed by atoms with Crippen LogP contribution in [-0.2, 0) is 9.53 Å². The summed E-state index contributed by atoms with van der Waals surface area (Å²) in [5.74, 6) is 3.94. The molecule has 0 saturated carbocycles. The molecule has 0 aliphatic rings. The Bertz CT molecular complexity index is 222. The first kappa shape index (κ1) is 11.7. The summed E-state index contributed by atoms with van der Waals surface area (Å²) in [6.45, 7) is 3.55. The van der Waals surface area contributed by atoms with Gasteiger partial charge in [0.05, 0.1) is 7.11 Å². The highest BCUT2D eigenvalue weighted by Gasteiger charge is 1.98. The number of carbonyl (C=O) groups is 1. The fraction of sp³-hybridized carbons (Fsp3) is 0.500. The van der Waals surface area contributed by atoms with Crippen molar-refractivity contribution in [3.63, 3.8) is 0 Å². The van der Waals surface area contributed by atoms with E-state index in [9.17, 15) is 9.90 Å². The van der Waals surface area contributed by atoms with Crippen LogP contribution in [-0.4, -0.2) is 24.3 Å². The van der Waals surface area contributed by atoms with E-state index < -0.39 is 12.1 Å². The van der Waals surface area contributed by atoms with Crippen molar-refractivity contribution in [1.29, 1.82) is 0 Å². The van der Waals surface area contributed by atoms with Gasteiger partial charge in [0.25, 0.3) is 0 Å². The second kappa shape index (κ2) is 7.38. The molecule has 1 unspecified atom stereocenters. The molecule has 0 rings (SSSR count). The summed E-state index contributed by atoms with van der Waals surface area (Å²) < 4.78 is 4.29. The van der Waals surface area contributed by atoms with Crippen molar-refractivity contribution in [2.45, 2.75) is 25.4 Å². The number of allylic oxidation sites excluding steroid dienone is 1. The number of methoxy groups -OCH3 is 1. The van der Waals surface area contributed by atoms with E-state index in [1.807, 2.05) is 0 Å². The number of carbonyl (C=O) groups excluding carboxylic acids is 1. The second-order valence-electron chi connectivity index (χ2n) is 2.50. The Hall–Kier alpha value is -1.27. The topological polar surface area (TPSA) is 46.5 Å². The highest BCUT2D eigenvalue weighted by atomic mass is 16.5. The Kier molecular flexibility index (Phi) is 6.66. The number of aliphatic hydroxyl groups is 1. The quantitative estimate of drug-likeness (QED) is 0.231. The van der Waals surface area contributed by atoms with Crippen LogP contribution in [0.1, 0.15) is 19.3 Å². The van der Waals surface area contributed by atoms with E-state index >= 15 is 0 Å². The SMILES string of the molecule is C=CCCCC(O)C#CC(=O)OC. The number of unbranched alkanes of at least 4 members (excludes halogenated alkanes) is 1. The summed E-state index contributed by atoms with van der Waals surface area (Å²) in [6.07, 6.45) is 3.24. The van der Waals surface area contributed by atoms with Crippen LogP contribution in [0.2, 0.25) is 0 Å². The first-order valence-electron chi connectivity index (χ1n) is 4.09. The fourth-order valence-electron chi connectivity index (χ4n) is 0.721. The average Bonchev–Trinajstić information content (AvgIpc) is 2.14. The van der Waals surface area contributed by atoms with Gasteiger partial charge in [0.2, 0.25) is 0 Å². The van der Waals surface area contributed by atoms with Crippen LogP contribution in [0.4, 0.5) is 0 Å². The van der Waals surface area contributed by atoms with Gasteiger partial charge in [-0.2, -0.15) is 0 Å². The lowest BCUT2D eigenvalue weighted by Crippen LogP contribution is -2.04. The molecule has 0 spiro atoms. The molecule has 0 bridgehead atoms. The van der Waals surface area contributed by atoms with Crippen LogP contribution in [0.5, 0.6) is 0 Å². The Balaban J connectivity index is 3.69. The molecule has 0 aromatic rings. The first-order valence-corrected chi connectivity index (χ1v) is 4.09. The van der Waals surface area contributed by atoms with Crippen molar-refractivity contribution in [3.8, 4) is 11.8 Å². The van der Waals surface area contributed by atoms with Gasteiger partial charge in [0.15, 0.2) is 0 Å². The summed E-state index contributed by atoms with van der Waals surface area (Å²) in [5.41, 5.74) is 0. The van der Waals surface area contributed by atoms with Crippen LogP contribution in [0, 0.1) is 11.8 Å². The van der Waals surface area contributed by atoms with E-state index in [-0.39, 0.29) is 0 Å². The zero-order valence-electron chi connectivity index (χ0n) is 7.75. The smallest absolute Gasteiger partial charge is 0.384 e. The van der Waals surface area contributed by atoms with Crippen molar-refractivity contribution in [2.24, 2.45) is 0 Å². The van der Waals surface area contributed by atoms with E-state index in [1.165, 1.54) is 7.11 Å². The molecule has 3 heteroatoms. The van der Waals surface area contributed by atoms with E-state index in [2.05, 4.69) is 23.2 Å². The lowest BCUT2D eigenvalue weighted by atomic mass is 10.1. The molecule has 72 valence electrons. The summed E-state index contributed by atoms with van der Waals surface area (Å²) in [6, 6.07) is 0.